The molecule has 2 N–H and O–H groups in total. The maximum Gasteiger partial charge on any atom is 0.0748 e. The molecule has 0 saturated carbocycles. The lowest BCUT2D eigenvalue weighted by Crippen LogP contribution is -2.22. The molecule has 2 rings (SSSR count). The van der Waals surface area contributed by atoms with E-state index in [1.165, 1.54) is 0 Å². The molecule has 2 aromatic rings. The molecule has 2 nitrogen and oxygen atoms in total. The number of rotatable bonds is 3. The largest absolute Gasteiger partial charge is 0.399 e. The van der Waals surface area contributed by atoms with Gasteiger partial charge in [-0.1, -0.05) is 46.9 Å². The van der Waals surface area contributed by atoms with E-state index in [0.29, 0.717) is 20.8 Å². The van der Waals surface area contributed by atoms with Gasteiger partial charge in [-0.25, -0.2) is 0 Å². The summed E-state index contributed by atoms with van der Waals surface area (Å²) in [6.07, 6.45) is 0. The molecule has 2 aromatic carbocycles. The summed E-state index contributed by atoms with van der Waals surface area (Å²) in [5.74, 6) is 0. The summed E-state index contributed by atoms with van der Waals surface area (Å²) >= 11 is 18.6. The van der Waals surface area contributed by atoms with Gasteiger partial charge >= 0.3 is 0 Å². The average molecular weight is 330 g/mol. The average Bonchev–Trinajstić information content (AvgIpc) is 2.36. The molecule has 0 fully saturated rings. The van der Waals surface area contributed by atoms with E-state index in [1.54, 1.807) is 12.1 Å². The summed E-state index contributed by atoms with van der Waals surface area (Å²) in [5, 5.41) is 1.77. The van der Waals surface area contributed by atoms with Gasteiger partial charge in [0.1, 0.15) is 0 Å². The van der Waals surface area contributed by atoms with Crippen LogP contribution in [0.3, 0.4) is 0 Å². The third-order valence-corrected chi connectivity index (χ3v) is 4.12. The van der Waals surface area contributed by atoms with Gasteiger partial charge in [-0.05, 0) is 36.8 Å². The highest BCUT2D eigenvalue weighted by atomic mass is 35.5. The molecule has 20 heavy (non-hydrogen) atoms. The van der Waals surface area contributed by atoms with Crippen LogP contribution in [0.5, 0.6) is 0 Å². The zero-order valence-electron chi connectivity index (χ0n) is 11.2. The molecule has 0 aliphatic rings. The molecule has 106 valence electrons. The van der Waals surface area contributed by atoms with E-state index in [-0.39, 0.29) is 6.04 Å². The minimum Gasteiger partial charge on any atom is -0.399 e. The summed E-state index contributed by atoms with van der Waals surface area (Å²) in [5.41, 5.74) is 8.13. The first-order valence-corrected chi connectivity index (χ1v) is 7.26. The van der Waals surface area contributed by atoms with E-state index in [4.69, 9.17) is 40.5 Å². The number of nitrogens with zero attached hydrogens (tertiary/aromatic N) is 1. The van der Waals surface area contributed by atoms with Crippen LogP contribution < -0.4 is 10.6 Å². The van der Waals surface area contributed by atoms with Crippen molar-refractivity contribution >= 4 is 46.2 Å². The summed E-state index contributed by atoms with van der Waals surface area (Å²) in [6, 6.07) is 11.2. The van der Waals surface area contributed by atoms with Gasteiger partial charge in [0.05, 0.1) is 21.8 Å². The highest BCUT2D eigenvalue weighted by Gasteiger charge is 2.18. The van der Waals surface area contributed by atoms with Crippen molar-refractivity contribution in [2.24, 2.45) is 0 Å². The number of nitrogen functional groups attached to an aromatic ring is 1. The molecule has 0 aromatic heterocycles. The zero-order valence-corrected chi connectivity index (χ0v) is 13.5. The second kappa shape index (κ2) is 6.13. The topological polar surface area (TPSA) is 29.3 Å². The first kappa shape index (κ1) is 15.3. The molecule has 5 heteroatoms. The van der Waals surface area contributed by atoms with E-state index in [0.717, 1.165) is 11.3 Å². The quantitative estimate of drug-likeness (QED) is 0.761. The van der Waals surface area contributed by atoms with Crippen molar-refractivity contribution in [2.45, 2.75) is 13.0 Å². The van der Waals surface area contributed by atoms with Gasteiger partial charge in [0, 0.05) is 17.8 Å². The molecule has 0 spiro atoms. The van der Waals surface area contributed by atoms with Crippen LogP contribution >= 0.6 is 34.8 Å². The van der Waals surface area contributed by atoms with Gasteiger partial charge in [0.2, 0.25) is 0 Å². The lowest BCUT2D eigenvalue weighted by molar-refractivity contribution is 0.740. The van der Waals surface area contributed by atoms with Crippen LogP contribution in [0.25, 0.3) is 0 Å². The fourth-order valence-corrected chi connectivity index (χ4v) is 3.08. The van der Waals surface area contributed by atoms with Crippen molar-refractivity contribution in [2.75, 3.05) is 17.7 Å². The third-order valence-electron chi connectivity index (χ3n) is 3.30. The fourth-order valence-electron chi connectivity index (χ4n) is 2.11. The predicted molar refractivity (Wildman–Crippen MR) is 89.1 cm³/mol. The lowest BCUT2D eigenvalue weighted by atomic mass is 10.1. The number of benzene rings is 2. The summed E-state index contributed by atoms with van der Waals surface area (Å²) in [7, 11) is 1.94. The Morgan fingerprint density at radius 2 is 1.65 bits per heavy atom. The minimum atomic E-state index is 0.0762. The number of nitrogens with two attached hydrogens (primary N) is 1. The molecule has 0 bridgehead atoms. The van der Waals surface area contributed by atoms with Crippen LogP contribution in [0.15, 0.2) is 36.4 Å². The summed E-state index contributed by atoms with van der Waals surface area (Å²) in [6.45, 7) is 2.06. The molecule has 0 radical (unpaired) electrons. The summed E-state index contributed by atoms with van der Waals surface area (Å²) < 4.78 is 0. The molecule has 0 saturated heterocycles. The predicted octanol–water partition coefficient (Wildman–Crippen LogP) is 5.43. The SMILES string of the molecule is CC(c1cccc(Cl)c1)N(C)c1c(Cl)cc(N)cc1Cl. The van der Waals surface area contributed by atoms with Crippen molar-refractivity contribution in [1.82, 2.24) is 0 Å². The van der Waals surface area contributed by atoms with Gasteiger partial charge < -0.3 is 10.6 Å². The highest BCUT2D eigenvalue weighted by Crippen LogP contribution is 2.39. The second-order valence-corrected chi connectivity index (χ2v) is 5.93. The Kier molecular flexibility index (Phi) is 4.69. The summed E-state index contributed by atoms with van der Waals surface area (Å²) in [4.78, 5) is 2.01. The Balaban J connectivity index is 2.38. The van der Waals surface area contributed by atoms with Gasteiger partial charge in [-0.15, -0.1) is 0 Å². The minimum absolute atomic E-state index is 0.0762. The Labute approximate surface area is 134 Å². The normalized spacial score (nSPS) is 12.2. The second-order valence-electron chi connectivity index (χ2n) is 4.68. The Morgan fingerprint density at radius 1 is 1.05 bits per heavy atom. The third kappa shape index (κ3) is 3.14. The molecule has 0 amide bonds. The maximum atomic E-state index is 6.26. The molecule has 0 heterocycles. The zero-order chi connectivity index (χ0) is 14.9. The van der Waals surface area contributed by atoms with Gasteiger partial charge in [-0.3, -0.25) is 0 Å². The van der Waals surface area contributed by atoms with Crippen molar-refractivity contribution in [3.63, 3.8) is 0 Å². The van der Waals surface area contributed by atoms with Gasteiger partial charge in [0.25, 0.3) is 0 Å². The number of hydrogen-bond acceptors (Lipinski definition) is 2. The number of hydrogen-bond donors (Lipinski definition) is 1. The molecule has 1 atom stereocenters. The number of halogens is 3. The van der Waals surface area contributed by atoms with Crippen molar-refractivity contribution < 1.29 is 0 Å². The van der Waals surface area contributed by atoms with Crippen LogP contribution in [0.2, 0.25) is 15.1 Å². The smallest absolute Gasteiger partial charge is 0.0748 e. The Hall–Kier alpha value is -1.09. The van der Waals surface area contributed by atoms with E-state index >= 15 is 0 Å². The van der Waals surface area contributed by atoms with Gasteiger partial charge in [0.15, 0.2) is 0 Å². The molecule has 0 aliphatic heterocycles. The van der Waals surface area contributed by atoms with Crippen molar-refractivity contribution in [3.05, 3.63) is 57.0 Å². The Morgan fingerprint density at radius 3 is 2.20 bits per heavy atom. The molecular weight excluding hydrogens is 315 g/mol. The molecule has 0 aliphatic carbocycles. The van der Waals surface area contributed by atoms with E-state index in [2.05, 4.69) is 6.92 Å². The van der Waals surface area contributed by atoms with Crippen molar-refractivity contribution in [1.29, 1.82) is 0 Å². The molecule has 1 unspecified atom stereocenters. The van der Waals surface area contributed by atoms with E-state index in [9.17, 15) is 0 Å². The number of anilines is 2. The van der Waals surface area contributed by atoms with E-state index in [1.807, 2.05) is 36.2 Å². The van der Waals surface area contributed by atoms with Crippen LogP contribution in [0.1, 0.15) is 18.5 Å². The standard InChI is InChI=1S/C15H15Cl3N2/c1-9(10-4-3-5-11(16)6-10)20(2)15-13(17)7-12(19)8-14(15)18/h3-9H,19H2,1-2H3. The van der Waals surface area contributed by atoms with Gasteiger partial charge in [-0.2, -0.15) is 0 Å². The first-order chi connectivity index (χ1) is 9.40. The van der Waals surface area contributed by atoms with Crippen LogP contribution in [0.4, 0.5) is 11.4 Å². The van der Waals surface area contributed by atoms with Crippen LogP contribution in [-0.2, 0) is 0 Å². The van der Waals surface area contributed by atoms with Crippen molar-refractivity contribution in [3.8, 4) is 0 Å². The Bertz CT molecular complexity index is 605. The van der Waals surface area contributed by atoms with Crippen LogP contribution in [0, 0.1) is 0 Å². The van der Waals surface area contributed by atoms with E-state index < -0.39 is 0 Å². The maximum absolute atomic E-state index is 6.26. The van der Waals surface area contributed by atoms with Crippen LogP contribution in [-0.4, -0.2) is 7.05 Å². The lowest BCUT2D eigenvalue weighted by Gasteiger charge is -2.29. The monoisotopic (exact) mass is 328 g/mol. The highest BCUT2D eigenvalue weighted by molar-refractivity contribution is 6.39. The molecular formula is C15H15Cl3N2. The first-order valence-electron chi connectivity index (χ1n) is 6.13. The fraction of sp³-hybridized carbons (Fsp3) is 0.200.